The number of nitrogens with one attached hydrogen (secondary N) is 1. The summed E-state index contributed by atoms with van der Waals surface area (Å²) in [5, 5.41) is 6.62. The minimum Gasteiger partial charge on any atom is -0.496 e. The van der Waals surface area contributed by atoms with Crippen molar-refractivity contribution in [3.05, 3.63) is 81.9 Å². The SMILES string of the molecule is CCOc1ccccc1CCNC(=O)c1csc(C2CCN(C(=O)c3cc(OC)c4ccccc4n3)CC2)n1. The number of hydrogen-bond acceptors (Lipinski definition) is 7. The first-order valence-electron chi connectivity index (χ1n) is 13.2. The number of carbonyl (C=O) groups is 2. The molecule has 0 aliphatic carbocycles. The summed E-state index contributed by atoms with van der Waals surface area (Å²) in [7, 11) is 1.60. The van der Waals surface area contributed by atoms with Gasteiger partial charge in [-0.05, 0) is 49.9 Å². The number of benzene rings is 2. The zero-order chi connectivity index (χ0) is 27.2. The number of rotatable bonds is 9. The van der Waals surface area contributed by atoms with Crippen LogP contribution in [0.15, 0.2) is 60.0 Å². The molecule has 0 radical (unpaired) electrons. The highest BCUT2D eigenvalue weighted by Gasteiger charge is 2.28. The van der Waals surface area contributed by atoms with Crippen LogP contribution in [-0.4, -0.2) is 60.0 Å². The fourth-order valence-electron chi connectivity index (χ4n) is 4.90. The minimum atomic E-state index is -0.171. The van der Waals surface area contributed by atoms with E-state index in [1.165, 1.54) is 11.3 Å². The van der Waals surface area contributed by atoms with Gasteiger partial charge >= 0.3 is 0 Å². The number of para-hydroxylation sites is 2. The van der Waals surface area contributed by atoms with E-state index >= 15 is 0 Å². The molecule has 2 aromatic carbocycles. The quantitative estimate of drug-likeness (QED) is 0.316. The first-order valence-corrected chi connectivity index (χ1v) is 14.1. The van der Waals surface area contributed by atoms with Crippen molar-refractivity contribution in [2.24, 2.45) is 0 Å². The van der Waals surface area contributed by atoms with Gasteiger partial charge in [0.1, 0.15) is 22.9 Å². The summed E-state index contributed by atoms with van der Waals surface area (Å²) in [5.41, 5.74) is 2.64. The smallest absolute Gasteiger partial charge is 0.272 e. The van der Waals surface area contributed by atoms with Crippen molar-refractivity contribution in [3.8, 4) is 11.5 Å². The zero-order valence-corrected chi connectivity index (χ0v) is 23.0. The highest BCUT2D eigenvalue weighted by atomic mass is 32.1. The molecule has 0 spiro atoms. The van der Waals surface area contributed by atoms with Gasteiger partial charge in [0.25, 0.3) is 11.8 Å². The summed E-state index contributed by atoms with van der Waals surface area (Å²) in [6, 6.07) is 17.2. The Bertz CT molecular complexity index is 1460. The fourth-order valence-corrected chi connectivity index (χ4v) is 5.87. The molecule has 1 aliphatic rings. The molecule has 2 aromatic heterocycles. The van der Waals surface area contributed by atoms with Gasteiger partial charge in [0.05, 0.1) is 24.2 Å². The van der Waals surface area contributed by atoms with Gasteiger partial charge in [0, 0.05) is 42.4 Å². The number of amides is 2. The third-order valence-electron chi connectivity index (χ3n) is 6.96. The van der Waals surface area contributed by atoms with Crippen LogP contribution < -0.4 is 14.8 Å². The predicted molar refractivity (Wildman–Crippen MR) is 152 cm³/mol. The third-order valence-corrected chi connectivity index (χ3v) is 7.96. The Morgan fingerprint density at radius 2 is 1.79 bits per heavy atom. The highest BCUT2D eigenvalue weighted by Crippen LogP contribution is 2.32. The maximum atomic E-state index is 13.2. The molecular formula is C30H32N4O4S. The van der Waals surface area contributed by atoms with E-state index in [0.717, 1.165) is 40.1 Å². The van der Waals surface area contributed by atoms with Crippen LogP contribution in [0.1, 0.15) is 57.2 Å². The standard InChI is InChI=1S/C30H32N4O4S/c1-3-38-26-11-7-4-8-20(26)12-15-31-28(35)25-19-39-29(33-25)21-13-16-34(17-14-21)30(36)24-18-27(37-2)22-9-5-6-10-23(22)32-24/h4-11,18-19,21H,3,12-17H2,1-2H3,(H,31,35). The molecule has 8 nitrogen and oxygen atoms in total. The Morgan fingerprint density at radius 3 is 2.59 bits per heavy atom. The van der Waals surface area contributed by atoms with Crippen molar-refractivity contribution in [2.75, 3.05) is 33.4 Å². The second-order valence-electron chi connectivity index (χ2n) is 9.41. The Balaban J connectivity index is 1.15. The summed E-state index contributed by atoms with van der Waals surface area (Å²) in [5.74, 6) is 1.45. The number of hydrogen-bond donors (Lipinski definition) is 1. The first kappa shape index (κ1) is 26.6. The Kier molecular flexibility index (Phi) is 8.36. The summed E-state index contributed by atoms with van der Waals surface area (Å²) < 4.78 is 11.2. The van der Waals surface area contributed by atoms with Gasteiger partial charge in [-0.2, -0.15) is 0 Å². The van der Waals surface area contributed by atoms with E-state index in [1.807, 2.05) is 65.7 Å². The molecule has 202 valence electrons. The maximum absolute atomic E-state index is 13.2. The molecule has 0 atom stereocenters. The van der Waals surface area contributed by atoms with Crippen molar-refractivity contribution < 1.29 is 19.1 Å². The lowest BCUT2D eigenvalue weighted by molar-refractivity contribution is 0.0707. The Labute approximate surface area is 232 Å². The number of carbonyl (C=O) groups excluding carboxylic acids is 2. The lowest BCUT2D eigenvalue weighted by Gasteiger charge is -2.31. The zero-order valence-electron chi connectivity index (χ0n) is 22.2. The molecule has 3 heterocycles. The molecule has 9 heteroatoms. The number of ether oxygens (including phenoxy) is 2. The van der Waals surface area contributed by atoms with Crippen molar-refractivity contribution >= 4 is 34.1 Å². The van der Waals surface area contributed by atoms with Crippen molar-refractivity contribution in [2.45, 2.75) is 32.1 Å². The Morgan fingerprint density at radius 1 is 1.03 bits per heavy atom. The summed E-state index contributed by atoms with van der Waals surface area (Å²) >= 11 is 1.51. The van der Waals surface area contributed by atoms with Crippen LogP contribution in [0.3, 0.4) is 0 Å². The van der Waals surface area contributed by atoms with Gasteiger partial charge in [0.2, 0.25) is 0 Å². The third kappa shape index (κ3) is 6.04. The average Bonchev–Trinajstić information content (AvgIpc) is 3.48. The van der Waals surface area contributed by atoms with E-state index in [-0.39, 0.29) is 17.7 Å². The van der Waals surface area contributed by atoms with Crippen LogP contribution in [0.2, 0.25) is 0 Å². The molecule has 4 aromatic rings. The van der Waals surface area contributed by atoms with E-state index < -0.39 is 0 Å². The van der Waals surface area contributed by atoms with E-state index in [9.17, 15) is 9.59 Å². The van der Waals surface area contributed by atoms with Crippen LogP contribution in [0.5, 0.6) is 11.5 Å². The second-order valence-corrected chi connectivity index (χ2v) is 10.3. The van der Waals surface area contributed by atoms with E-state index in [0.29, 0.717) is 49.8 Å². The van der Waals surface area contributed by atoms with Gasteiger partial charge in [-0.1, -0.05) is 30.3 Å². The first-order chi connectivity index (χ1) is 19.1. The molecule has 2 amide bonds. The van der Waals surface area contributed by atoms with E-state index in [1.54, 1.807) is 13.2 Å². The van der Waals surface area contributed by atoms with Crippen LogP contribution >= 0.6 is 11.3 Å². The maximum Gasteiger partial charge on any atom is 0.272 e. The van der Waals surface area contributed by atoms with Gasteiger partial charge in [-0.25, -0.2) is 9.97 Å². The molecular weight excluding hydrogens is 512 g/mol. The molecule has 5 rings (SSSR count). The number of piperidine rings is 1. The number of nitrogens with zero attached hydrogens (tertiary/aromatic N) is 3. The number of fused-ring (bicyclic) bond motifs is 1. The molecule has 1 fully saturated rings. The minimum absolute atomic E-state index is 0.0948. The number of methoxy groups -OCH3 is 1. The lowest BCUT2D eigenvalue weighted by Crippen LogP contribution is -2.38. The van der Waals surface area contributed by atoms with Crippen LogP contribution in [0.25, 0.3) is 10.9 Å². The number of pyridine rings is 1. The van der Waals surface area contributed by atoms with Crippen molar-refractivity contribution in [1.29, 1.82) is 0 Å². The molecule has 0 saturated carbocycles. The Hall–Kier alpha value is -3.98. The molecule has 39 heavy (non-hydrogen) atoms. The molecule has 1 aliphatic heterocycles. The van der Waals surface area contributed by atoms with E-state index in [2.05, 4.69) is 15.3 Å². The highest BCUT2D eigenvalue weighted by molar-refractivity contribution is 7.09. The topological polar surface area (TPSA) is 93.7 Å². The van der Waals surface area contributed by atoms with Crippen molar-refractivity contribution in [3.63, 3.8) is 0 Å². The number of aromatic nitrogens is 2. The fraction of sp³-hybridized carbons (Fsp3) is 0.333. The summed E-state index contributed by atoms with van der Waals surface area (Å²) in [6.07, 6.45) is 2.27. The molecule has 0 bridgehead atoms. The monoisotopic (exact) mass is 544 g/mol. The van der Waals surface area contributed by atoms with Crippen molar-refractivity contribution in [1.82, 2.24) is 20.2 Å². The number of likely N-dealkylation sites (tertiary alicyclic amines) is 1. The normalized spacial score (nSPS) is 13.8. The number of thiazole rings is 1. The molecule has 1 N–H and O–H groups in total. The van der Waals surface area contributed by atoms with Gasteiger partial charge < -0.3 is 19.7 Å². The average molecular weight is 545 g/mol. The molecule has 0 unspecified atom stereocenters. The van der Waals surface area contributed by atoms with Gasteiger partial charge in [0.15, 0.2) is 0 Å². The summed E-state index contributed by atoms with van der Waals surface area (Å²) in [6.45, 7) is 4.29. The summed E-state index contributed by atoms with van der Waals surface area (Å²) in [4.78, 5) is 37.0. The van der Waals surface area contributed by atoms with E-state index in [4.69, 9.17) is 9.47 Å². The second kappa shape index (κ2) is 12.3. The van der Waals surface area contributed by atoms with Gasteiger partial charge in [-0.15, -0.1) is 11.3 Å². The van der Waals surface area contributed by atoms with Gasteiger partial charge in [-0.3, -0.25) is 9.59 Å². The van der Waals surface area contributed by atoms with Crippen LogP contribution in [0.4, 0.5) is 0 Å². The lowest BCUT2D eigenvalue weighted by atomic mass is 9.97. The predicted octanol–water partition coefficient (Wildman–Crippen LogP) is 5.09. The van der Waals surface area contributed by atoms with Crippen LogP contribution in [-0.2, 0) is 6.42 Å². The largest absolute Gasteiger partial charge is 0.496 e. The van der Waals surface area contributed by atoms with Crippen LogP contribution in [0, 0.1) is 0 Å². The molecule has 1 saturated heterocycles.